The fourth-order valence-corrected chi connectivity index (χ4v) is 18.4. The van der Waals surface area contributed by atoms with Gasteiger partial charge in [0.2, 0.25) is 0 Å². The van der Waals surface area contributed by atoms with Crippen LogP contribution in [-0.2, 0) is 0 Å². The van der Waals surface area contributed by atoms with Gasteiger partial charge in [0.05, 0.1) is 163 Å². The molecule has 0 radical (unpaired) electrons. The van der Waals surface area contributed by atoms with Crippen LogP contribution in [0.3, 0.4) is 0 Å². The van der Waals surface area contributed by atoms with Gasteiger partial charge >= 0.3 is 0 Å². The smallest absolute Gasteiger partial charge is 0.198 e. The molecular formula is C126H108N12O10. The van der Waals surface area contributed by atoms with Crippen molar-refractivity contribution in [2.75, 3.05) is 92.2 Å². The van der Waals surface area contributed by atoms with Gasteiger partial charge in [-0.2, -0.15) is 0 Å². The van der Waals surface area contributed by atoms with Gasteiger partial charge in [0, 0.05) is 68.2 Å². The number of benzene rings is 18. The maximum atomic E-state index is 15.1. The quantitative estimate of drug-likeness (QED) is 0.0217. The van der Waals surface area contributed by atoms with Crippen LogP contribution in [0.2, 0.25) is 0 Å². The first-order valence-corrected chi connectivity index (χ1v) is 48.5. The summed E-state index contributed by atoms with van der Waals surface area (Å²) in [5.41, 5.74) is 28.3. The second kappa shape index (κ2) is 42.9. The molecule has 148 heavy (non-hydrogen) atoms. The summed E-state index contributed by atoms with van der Waals surface area (Å²) in [4.78, 5) is 90.3. The topological polar surface area (TPSA) is 284 Å². The molecule has 3 aliphatic rings. The third-order valence-electron chi connectivity index (χ3n) is 25.9. The summed E-state index contributed by atoms with van der Waals surface area (Å²) in [6.07, 6.45) is 0. The van der Waals surface area contributed by atoms with Crippen LogP contribution in [0, 0.1) is 55.4 Å². The number of carbonyl (C=O) groups excluding carboxylic acids is 6. The number of hydrogen-bond acceptors (Lipinski definition) is 22. The first kappa shape index (κ1) is 97.6. The van der Waals surface area contributed by atoms with Gasteiger partial charge < -0.3 is 82.7 Å². The highest BCUT2D eigenvalue weighted by Crippen LogP contribution is 2.50. The lowest BCUT2D eigenvalue weighted by atomic mass is 9.80. The van der Waals surface area contributed by atoms with Crippen LogP contribution in [0.1, 0.15) is 140 Å². The van der Waals surface area contributed by atoms with Crippen LogP contribution in [0.5, 0.6) is 23.0 Å². The number of ether oxygens (including phenoxy) is 4. The Bertz CT molecular complexity index is 7240. The molecule has 0 fully saturated rings. The van der Waals surface area contributed by atoms with E-state index in [-0.39, 0.29) is 57.0 Å². The fraction of sp³-hybridized carbons (Fsp3) is 0.0952. The molecule has 0 aromatic heterocycles. The van der Waals surface area contributed by atoms with E-state index in [1.807, 2.05) is 395 Å². The molecule has 0 spiro atoms. The van der Waals surface area contributed by atoms with Gasteiger partial charge in [-0.25, -0.2) is 0 Å². The molecule has 0 heterocycles. The summed E-state index contributed by atoms with van der Waals surface area (Å²) in [6, 6.07) is 115. The van der Waals surface area contributed by atoms with Crippen LogP contribution in [-0.4, -0.2) is 63.1 Å². The number of aryl methyl sites for hydroxylation is 8. The Morgan fingerprint density at radius 2 is 0.257 bits per heavy atom. The number of carbonyl (C=O) groups is 6. The molecule has 0 atom stereocenters. The molecule has 0 unspecified atom stereocenters. The number of rotatable bonds is 28. The monoisotopic (exact) mass is 1950 g/mol. The van der Waals surface area contributed by atoms with Gasteiger partial charge in [-0.3, -0.25) is 28.8 Å². The normalized spacial score (nSPS) is 11.7. The lowest BCUT2D eigenvalue weighted by molar-refractivity contribution is 0.0981. The van der Waals surface area contributed by atoms with Crippen molar-refractivity contribution in [3.05, 3.63) is 475 Å². The van der Waals surface area contributed by atoms with Gasteiger partial charge in [0.15, 0.2) is 34.7 Å². The number of fused-ring (bicyclic) bond motifs is 6. The number of ketones is 6. The van der Waals surface area contributed by atoms with Crippen LogP contribution in [0.25, 0.3) is 0 Å². The largest absolute Gasteiger partial charge is 0.497 e. The summed E-state index contributed by atoms with van der Waals surface area (Å²) in [5, 5.41) is 41.1. The zero-order valence-corrected chi connectivity index (χ0v) is 83.7. The molecule has 12 N–H and O–H groups in total. The van der Waals surface area contributed by atoms with Crippen molar-refractivity contribution in [1.82, 2.24) is 0 Å². The lowest BCUT2D eigenvalue weighted by Crippen LogP contribution is -2.25. The van der Waals surface area contributed by atoms with Crippen molar-refractivity contribution in [2.45, 2.75) is 55.4 Å². The Morgan fingerprint density at radius 3 is 0.378 bits per heavy atom. The van der Waals surface area contributed by atoms with Crippen LogP contribution in [0.15, 0.2) is 364 Å². The molecule has 3 aliphatic carbocycles. The first-order chi connectivity index (χ1) is 71.8. The molecule has 22 nitrogen and oxygen atoms in total. The van der Waals surface area contributed by atoms with Crippen LogP contribution < -0.4 is 82.7 Å². The van der Waals surface area contributed by atoms with E-state index in [0.29, 0.717) is 136 Å². The highest BCUT2D eigenvalue weighted by Gasteiger charge is 2.43. The standard InChI is InChI=1S/C42H36N4O6.2C42H36N4O2/c1-49-29-13-5-25(6-14-29)43-33-21-22-34(44-26-7-15-30(50-2)16-8-26)38-37(33)41(47)39-35(45-27-9-17-31(51-3)18-10-27)23-24-36(40(39)42(38)48)46-28-11-19-32(52-4)20-12-28;1-25-5-13-29(14-6-25)43-33-21-22-34(44-30-15-7-26(2)8-16-30)38-37(33)41(47)39-35(45-31-17-9-27(3)10-18-31)23-24-36(40(39)42(38)48)46-32-19-11-28(4)12-20-32;1-25-9-5-13-29(21-25)43-33-17-18-34(44-30-14-6-10-26(2)22-30)38-37(33)41(47)39-35(45-31-15-7-11-27(3)23-31)19-20-36(40(39)42(38)48)46-32-16-8-12-28(4)24-32/h5-24,43-46H,1-4H3;2*5-24,43-46H,1-4H3. The third-order valence-corrected chi connectivity index (χ3v) is 25.9. The molecule has 0 saturated heterocycles. The predicted molar refractivity (Wildman–Crippen MR) is 600 cm³/mol. The van der Waals surface area contributed by atoms with Crippen LogP contribution >= 0.6 is 0 Å². The van der Waals surface area contributed by atoms with E-state index in [1.165, 1.54) is 0 Å². The fourth-order valence-electron chi connectivity index (χ4n) is 18.4. The molecule has 0 amide bonds. The van der Waals surface area contributed by atoms with E-state index < -0.39 is 0 Å². The third kappa shape index (κ3) is 21.3. The lowest BCUT2D eigenvalue weighted by Gasteiger charge is -2.27. The molecule has 0 aliphatic heterocycles. The van der Waals surface area contributed by atoms with Gasteiger partial charge in [-0.05, 0) is 345 Å². The number of hydrogen-bond donors (Lipinski definition) is 12. The Labute approximate surface area is 859 Å². The molecule has 22 heteroatoms. The minimum Gasteiger partial charge on any atom is -0.497 e. The van der Waals surface area contributed by atoms with Crippen molar-refractivity contribution < 1.29 is 47.7 Å². The van der Waals surface area contributed by atoms with E-state index >= 15 is 19.2 Å². The summed E-state index contributed by atoms with van der Waals surface area (Å²) in [7, 11) is 6.41. The Balaban J connectivity index is 0.000000140. The molecule has 18 aromatic carbocycles. The Kier molecular flexibility index (Phi) is 28.3. The number of nitrogens with one attached hydrogen (secondary N) is 12. The average Bonchev–Trinajstić information content (AvgIpc) is 0.730. The van der Waals surface area contributed by atoms with Crippen molar-refractivity contribution in [2.24, 2.45) is 0 Å². The van der Waals surface area contributed by atoms with E-state index in [9.17, 15) is 9.59 Å². The van der Waals surface area contributed by atoms with Crippen LogP contribution in [0.4, 0.5) is 136 Å². The molecule has 0 bridgehead atoms. The second-order valence-electron chi connectivity index (χ2n) is 36.8. The molecule has 732 valence electrons. The molecule has 21 rings (SSSR count). The maximum absolute atomic E-state index is 15.1. The minimum absolute atomic E-state index is 0.242. The van der Waals surface area contributed by atoms with E-state index in [0.717, 1.165) is 113 Å². The van der Waals surface area contributed by atoms with Gasteiger partial charge in [0.1, 0.15) is 23.0 Å². The second-order valence-corrected chi connectivity index (χ2v) is 36.8. The molecule has 0 saturated carbocycles. The summed E-state index contributed by atoms with van der Waals surface area (Å²) < 4.78 is 21.4. The van der Waals surface area contributed by atoms with Gasteiger partial charge in [-0.1, -0.05) is 119 Å². The van der Waals surface area contributed by atoms with Gasteiger partial charge in [-0.15, -0.1) is 0 Å². The first-order valence-electron chi connectivity index (χ1n) is 48.5. The highest BCUT2D eigenvalue weighted by atomic mass is 16.5. The maximum Gasteiger partial charge on any atom is 0.198 e. The zero-order valence-electron chi connectivity index (χ0n) is 83.7. The van der Waals surface area contributed by atoms with E-state index in [2.05, 4.69) is 63.8 Å². The van der Waals surface area contributed by atoms with Gasteiger partial charge in [0.25, 0.3) is 0 Å². The Hall–Kier alpha value is -19.2. The zero-order chi connectivity index (χ0) is 103. The van der Waals surface area contributed by atoms with Crippen molar-refractivity contribution in [1.29, 1.82) is 0 Å². The van der Waals surface area contributed by atoms with Crippen molar-refractivity contribution >= 4 is 171 Å². The minimum atomic E-state index is -0.326. The summed E-state index contributed by atoms with van der Waals surface area (Å²) >= 11 is 0. The van der Waals surface area contributed by atoms with E-state index in [4.69, 9.17) is 18.9 Å². The van der Waals surface area contributed by atoms with Crippen molar-refractivity contribution in [3.8, 4) is 23.0 Å². The number of anilines is 24. The molecule has 18 aromatic rings. The highest BCUT2D eigenvalue weighted by molar-refractivity contribution is 6.38. The average molecular weight is 1950 g/mol. The van der Waals surface area contributed by atoms with E-state index in [1.54, 1.807) is 52.7 Å². The number of methoxy groups -OCH3 is 4. The summed E-state index contributed by atoms with van der Waals surface area (Å²) in [5.74, 6) is 1.14. The summed E-state index contributed by atoms with van der Waals surface area (Å²) in [6.45, 7) is 16.2. The molecular weight excluding hydrogens is 1840 g/mol. The SMILES string of the molecule is COc1ccc(Nc2ccc(Nc3ccc(OC)cc3)c3c2C(=O)c2c(Nc4ccc(OC)cc4)ccc(Nc4ccc(OC)cc4)c2C3=O)cc1.Cc1ccc(Nc2ccc(Nc3ccc(C)cc3)c3c2C(=O)c2c(Nc4ccc(C)cc4)ccc(Nc4ccc(C)cc4)c2C3=O)cc1.Cc1cccc(Nc2ccc(Nc3cccc(C)c3)c3c2C(=O)c2c(Nc4cccc(C)c4)ccc(Nc4cccc(C)c4)c2C3=O)c1. The Morgan fingerprint density at radius 1 is 0.135 bits per heavy atom. The van der Waals surface area contributed by atoms with Crippen molar-refractivity contribution in [3.63, 3.8) is 0 Å². The predicted octanol–water partition coefficient (Wildman–Crippen LogP) is 30.8.